The summed E-state index contributed by atoms with van der Waals surface area (Å²) in [7, 11) is 0. The molecule has 0 radical (unpaired) electrons. The Morgan fingerprint density at radius 3 is 2.56 bits per heavy atom. The van der Waals surface area contributed by atoms with Gasteiger partial charge in [-0.25, -0.2) is 0 Å². The molecule has 1 aliphatic carbocycles. The lowest BCUT2D eigenvalue weighted by molar-refractivity contribution is 0.399. The van der Waals surface area contributed by atoms with Crippen LogP contribution in [0.1, 0.15) is 33.1 Å². The molecule has 1 fully saturated rings. The van der Waals surface area contributed by atoms with Crippen LogP contribution in [0, 0.1) is 11.3 Å². The van der Waals surface area contributed by atoms with Gasteiger partial charge < -0.3 is 11.1 Å². The van der Waals surface area contributed by atoms with Crippen molar-refractivity contribution in [2.75, 3.05) is 11.9 Å². The van der Waals surface area contributed by atoms with Crippen LogP contribution < -0.4 is 11.1 Å². The second-order valence-corrected chi connectivity index (χ2v) is 5.79. The largest absolute Gasteiger partial charge is 0.370 e. The summed E-state index contributed by atoms with van der Waals surface area (Å²) >= 11 is 0. The number of hydrogen-bond donors (Lipinski definition) is 2. The molecule has 3 nitrogen and oxygen atoms in total. The molecule has 0 saturated heterocycles. The molecule has 0 unspecified atom stereocenters. The number of nitrogens with one attached hydrogen (secondary N) is 1. The molecule has 3 heteroatoms. The van der Waals surface area contributed by atoms with Crippen molar-refractivity contribution in [3.8, 4) is 0 Å². The minimum Gasteiger partial charge on any atom is -0.370 e. The highest BCUT2D eigenvalue weighted by atomic mass is 15.1. The number of hydrogen-bond acceptors (Lipinski definition) is 1. The molecule has 98 valence electrons. The minimum absolute atomic E-state index is 0.442. The summed E-state index contributed by atoms with van der Waals surface area (Å²) in [6.07, 6.45) is 3.86. The zero-order valence-electron chi connectivity index (χ0n) is 11.3. The molecule has 1 aliphatic rings. The molecule has 0 atom stereocenters. The fourth-order valence-electron chi connectivity index (χ4n) is 2.43. The van der Waals surface area contributed by atoms with Crippen LogP contribution >= 0.6 is 0 Å². The number of guanidine groups is 1. The molecule has 1 aromatic rings. The lowest BCUT2D eigenvalue weighted by Gasteiger charge is -2.15. The molecular weight excluding hydrogens is 222 g/mol. The normalized spacial score (nSPS) is 17.8. The van der Waals surface area contributed by atoms with Crippen LogP contribution in [0.5, 0.6) is 0 Å². The first kappa shape index (κ1) is 12.9. The van der Waals surface area contributed by atoms with E-state index in [1.807, 2.05) is 30.3 Å². The Bertz CT molecular complexity index is 405. The maximum atomic E-state index is 5.91. The molecule has 1 aromatic carbocycles. The quantitative estimate of drug-likeness (QED) is 0.618. The van der Waals surface area contributed by atoms with Gasteiger partial charge in [-0.1, -0.05) is 32.0 Å². The maximum absolute atomic E-state index is 5.91. The fraction of sp³-hybridized carbons (Fsp3) is 0.533. The fourth-order valence-corrected chi connectivity index (χ4v) is 2.43. The summed E-state index contributed by atoms with van der Waals surface area (Å²) in [5.41, 5.74) is 7.35. The van der Waals surface area contributed by atoms with Crippen molar-refractivity contribution >= 4 is 11.6 Å². The zero-order chi connectivity index (χ0) is 13.0. The standard InChI is InChI=1S/C15H23N3/c1-12(2)10-15(8-9-15)11-17-14(16)18-13-6-4-3-5-7-13/h3-7,12H,8-11H2,1-2H3,(H3,16,17,18). The topological polar surface area (TPSA) is 50.4 Å². The smallest absolute Gasteiger partial charge is 0.193 e. The summed E-state index contributed by atoms with van der Waals surface area (Å²) in [4.78, 5) is 4.49. The first-order valence-electron chi connectivity index (χ1n) is 6.72. The average molecular weight is 245 g/mol. The summed E-state index contributed by atoms with van der Waals surface area (Å²) < 4.78 is 0. The molecule has 0 amide bonds. The van der Waals surface area contributed by atoms with Crippen molar-refractivity contribution in [3.05, 3.63) is 30.3 Å². The number of anilines is 1. The van der Waals surface area contributed by atoms with E-state index in [4.69, 9.17) is 5.73 Å². The third-order valence-corrected chi connectivity index (χ3v) is 3.43. The van der Waals surface area contributed by atoms with Gasteiger partial charge in [-0.05, 0) is 42.7 Å². The van der Waals surface area contributed by atoms with Gasteiger partial charge >= 0.3 is 0 Å². The van der Waals surface area contributed by atoms with Crippen LogP contribution in [0.2, 0.25) is 0 Å². The van der Waals surface area contributed by atoms with Crippen molar-refractivity contribution in [3.63, 3.8) is 0 Å². The summed E-state index contributed by atoms with van der Waals surface area (Å²) in [6, 6.07) is 9.93. The number of benzene rings is 1. The number of rotatable bonds is 5. The van der Waals surface area contributed by atoms with E-state index in [9.17, 15) is 0 Å². The van der Waals surface area contributed by atoms with Gasteiger partial charge in [0.05, 0.1) is 0 Å². The molecule has 0 bridgehead atoms. The van der Waals surface area contributed by atoms with Gasteiger partial charge in [-0.15, -0.1) is 0 Å². The van der Waals surface area contributed by atoms with Crippen molar-refractivity contribution in [1.29, 1.82) is 0 Å². The third kappa shape index (κ3) is 3.76. The first-order chi connectivity index (χ1) is 8.60. The van der Waals surface area contributed by atoms with Gasteiger partial charge in [0.1, 0.15) is 0 Å². The Balaban J connectivity index is 1.86. The summed E-state index contributed by atoms with van der Waals surface area (Å²) in [5.74, 6) is 1.27. The number of nitrogens with zero attached hydrogens (tertiary/aromatic N) is 1. The Kier molecular flexibility index (Phi) is 3.90. The van der Waals surface area contributed by atoms with Gasteiger partial charge in [0.2, 0.25) is 0 Å². The van der Waals surface area contributed by atoms with Crippen LogP contribution in [0.15, 0.2) is 35.3 Å². The van der Waals surface area contributed by atoms with Crippen LogP contribution in [-0.2, 0) is 0 Å². The average Bonchev–Trinajstić information content (AvgIpc) is 3.07. The van der Waals surface area contributed by atoms with E-state index in [0.29, 0.717) is 11.4 Å². The second-order valence-electron chi connectivity index (χ2n) is 5.79. The van der Waals surface area contributed by atoms with Crippen molar-refractivity contribution in [2.24, 2.45) is 22.1 Å². The highest BCUT2D eigenvalue weighted by Crippen LogP contribution is 2.50. The van der Waals surface area contributed by atoms with Crippen LogP contribution in [0.25, 0.3) is 0 Å². The predicted octanol–water partition coefficient (Wildman–Crippen LogP) is 3.24. The summed E-state index contributed by atoms with van der Waals surface area (Å²) in [6.45, 7) is 5.40. The van der Waals surface area contributed by atoms with E-state index in [1.54, 1.807) is 0 Å². The monoisotopic (exact) mass is 245 g/mol. The molecule has 18 heavy (non-hydrogen) atoms. The maximum Gasteiger partial charge on any atom is 0.193 e. The molecular formula is C15H23N3. The highest BCUT2D eigenvalue weighted by molar-refractivity contribution is 5.92. The molecule has 0 spiro atoms. The zero-order valence-corrected chi connectivity index (χ0v) is 11.3. The predicted molar refractivity (Wildman–Crippen MR) is 77.7 cm³/mol. The van der Waals surface area contributed by atoms with Gasteiger partial charge in [-0.3, -0.25) is 4.99 Å². The third-order valence-electron chi connectivity index (χ3n) is 3.43. The molecule has 0 heterocycles. The highest BCUT2D eigenvalue weighted by Gasteiger charge is 2.42. The van der Waals surface area contributed by atoms with Gasteiger partial charge in [-0.2, -0.15) is 0 Å². The number of para-hydroxylation sites is 1. The van der Waals surface area contributed by atoms with E-state index in [-0.39, 0.29) is 0 Å². The van der Waals surface area contributed by atoms with Crippen molar-refractivity contribution < 1.29 is 0 Å². The van der Waals surface area contributed by atoms with Crippen molar-refractivity contribution in [1.82, 2.24) is 0 Å². The summed E-state index contributed by atoms with van der Waals surface area (Å²) in [5, 5.41) is 3.12. The Morgan fingerprint density at radius 2 is 2.00 bits per heavy atom. The lowest BCUT2D eigenvalue weighted by atomic mass is 9.94. The molecule has 0 aliphatic heterocycles. The molecule has 3 N–H and O–H groups in total. The van der Waals surface area contributed by atoms with Crippen LogP contribution in [0.4, 0.5) is 5.69 Å². The Hall–Kier alpha value is -1.51. The molecule has 1 saturated carbocycles. The lowest BCUT2D eigenvalue weighted by Crippen LogP contribution is -2.24. The van der Waals surface area contributed by atoms with Crippen molar-refractivity contribution in [2.45, 2.75) is 33.1 Å². The van der Waals surface area contributed by atoms with E-state index in [2.05, 4.69) is 24.2 Å². The minimum atomic E-state index is 0.442. The van der Waals surface area contributed by atoms with Gasteiger partial charge in [0.15, 0.2) is 5.96 Å². The number of nitrogens with two attached hydrogens (primary N) is 1. The van der Waals surface area contributed by atoms with Crippen LogP contribution in [0.3, 0.4) is 0 Å². The second kappa shape index (κ2) is 5.42. The van der Waals surface area contributed by atoms with E-state index in [1.165, 1.54) is 19.3 Å². The van der Waals surface area contributed by atoms with E-state index < -0.39 is 0 Å². The SMILES string of the molecule is CC(C)CC1(CN=C(N)Nc2ccccc2)CC1. The molecule has 2 rings (SSSR count). The van der Waals surface area contributed by atoms with E-state index in [0.717, 1.165) is 18.2 Å². The van der Waals surface area contributed by atoms with E-state index >= 15 is 0 Å². The van der Waals surface area contributed by atoms with Gasteiger partial charge in [0, 0.05) is 12.2 Å². The van der Waals surface area contributed by atoms with Crippen LogP contribution in [-0.4, -0.2) is 12.5 Å². The molecule has 0 aromatic heterocycles. The van der Waals surface area contributed by atoms with Gasteiger partial charge in [0.25, 0.3) is 0 Å². The number of aliphatic imine (C=N–C) groups is 1. The first-order valence-corrected chi connectivity index (χ1v) is 6.72. The Morgan fingerprint density at radius 1 is 1.33 bits per heavy atom. The Labute approximate surface area is 109 Å².